The van der Waals surface area contributed by atoms with Crippen LogP contribution >= 0.6 is 0 Å². The summed E-state index contributed by atoms with van der Waals surface area (Å²) < 4.78 is 18.2. The van der Waals surface area contributed by atoms with E-state index in [4.69, 9.17) is 4.74 Å². The molecule has 0 spiro atoms. The number of amides is 1. The molecule has 25 heavy (non-hydrogen) atoms. The van der Waals surface area contributed by atoms with E-state index in [-0.39, 0.29) is 18.9 Å². The first-order valence-corrected chi connectivity index (χ1v) is 7.78. The maximum atomic E-state index is 13.1. The average Bonchev–Trinajstić information content (AvgIpc) is 2.62. The molecule has 1 saturated heterocycles. The molecule has 6 nitrogen and oxygen atoms in total. The fourth-order valence-corrected chi connectivity index (χ4v) is 3.07. The van der Waals surface area contributed by atoms with Crippen molar-refractivity contribution in [2.24, 2.45) is 5.92 Å². The summed E-state index contributed by atoms with van der Waals surface area (Å²) in [7, 11) is 1.50. The normalized spacial score (nSPS) is 20.4. The highest BCUT2D eigenvalue weighted by atomic mass is 19.1. The molecule has 2 aromatic rings. The molecule has 0 saturated carbocycles. The van der Waals surface area contributed by atoms with Crippen molar-refractivity contribution < 1.29 is 23.8 Å². The third kappa shape index (κ3) is 3.45. The highest BCUT2D eigenvalue weighted by Gasteiger charge is 2.39. The van der Waals surface area contributed by atoms with Crippen LogP contribution in [0.5, 0.6) is 5.88 Å². The molecule has 0 radical (unpaired) electrons. The molecule has 3 rings (SSSR count). The minimum atomic E-state index is -1.02. The number of nitrogens with zero attached hydrogens (tertiary/aromatic N) is 2. The number of carbonyl (C=O) groups is 2. The van der Waals surface area contributed by atoms with Gasteiger partial charge >= 0.3 is 5.97 Å². The molecule has 1 aromatic heterocycles. The van der Waals surface area contributed by atoms with Gasteiger partial charge in [0.25, 0.3) is 0 Å². The number of hydrogen-bond acceptors (Lipinski definition) is 4. The predicted molar refractivity (Wildman–Crippen MR) is 88.0 cm³/mol. The number of aromatic nitrogens is 1. The highest BCUT2D eigenvalue weighted by molar-refractivity contribution is 5.97. The van der Waals surface area contributed by atoms with Gasteiger partial charge in [-0.3, -0.25) is 9.59 Å². The van der Waals surface area contributed by atoms with Gasteiger partial charge in [-0.25, -0.2) is 9.37 Å². The molecule has 1 aliphatic heterocycles. The molecule has 1 N–H and O–H groups in total. The van der Waals surface area contributed by atoms with Crippen LogP contribution in [-0.4, -0.2) is 35.6 Å². The Morgan fingerprint density at radius 1 is 1.28 bits per heavy atom. The second kappa shape index (κ2) is 6.88. The van der Waals surface area contributed by atoms with Crippen LogP contribution in [0.2, 0.25) is 0 Å². The number of benzene rings is 1. The summed E-state index contributed by atoms with van der Waals surface area (Å²) in [6.07, 6.45) is 1.45. The van der Waals surface area contributed by atoms with Crippen LogP contribution in [0.15, 0.2) is 42.6 Å². The lowest BCUT2D eigenvalue weighted by atomic mass is 9.80. The molecular formula is C18H17FN2O4. The maximum absolute atomic E-state index is 13.1. The molecule has 2 heterocycles. The SMILES string of the molecule is COc1ccc(C2CN(c3ccc(F)cc3)C(=O)CC2C(=O)O)cn1. The zero-order chi connectivity index (χ0) is 18.0. The zero-order valence-electron chi connectivity index (χ0n) is 13.6. The standard InChI is InChI=1S/C18H17FN2O4/c1-25-16-7-2-11(9-20-16)15-10-21(13-5-3-12(19)4-6-13)17(22)8-14(15)18(23)24/h2-7,9,14-15H,8,10H2,1H3,(H,23,24). The van der Waals surface area contributed by atoms with Gasteiger partial charge in [-0.1, -0.05) is 6.07 Å². The summed E-state index contributed by atoms with van der Waals surface area (Å²) in [5.41, 5.74) is 1.26. The lowest BCUT2D eigenvalue weighted by molar-refractivity contribution is -0.145. The van der Waals surface area contributed by atoms with Crippen molar-refractivity contribution in [3.8, 4) is 5.88 Å². The number of hydrogen-bond donors (Lipinski definition) is 1. The van der Waals surface area contributed by atoms with E-state index in [0.717, 1.165) is 0 Å². The largest absolute Gasteiger partial charge is 0.481 e. The predicted octanol–water partition coefficient (Wildman–Crippen LogP) is 2.45. The van der Waals surface area contributed by atoms with E-state index >= 15 is 0 Å². The Morgan fingerprint density at radius 2 is 2.00 bits per heavy atom. The molecular weight excluding hydrogens is 327 g/mol. The van der Waals surface area contributed by atoms with Crippen molar-refractivity contribution in [2.45, 2.75) is 12.3 Å². The van der Waals surface area contributed by atoms with Crippen molar-refractivity contribution in [2.75, 3.05) is 18.6 Å². The van der Waals surface area contributed by atoms with Gasteiger partial charge in [0.05, 0.1) is 13.0 Å². The number of carboxylic acids is 1. The van der Waals surface area contributed by atoms with Gasteiger partial charge in [0, 0.05) is 36.8 Å². The Kier molecular flexibility index (Phi) is 4.65. The minimum absolute atomic E-state index is 0.122. The fourth-order valence-electron chi connectivity index (χ4n) is 3.07. The number of aliphatic carboxylic acids is 1. The summed E-state index contributed by atoms with van der Waals surface area (Å²) in [5.74, 6) is -2.53. The van der Waals surface area contributed by atoms with Crippen molar-refractivity contribution in [3.63, 3.8) is 0 Å². The molecule has 2 atom stereocenters. The van der Waals surface area contributed by atoms with Crippen LogP contribution in [0.25, 0.3) is 0 Å². The first-order valence-electron chi connectivity index (χ1n) is 7.78. The minimum Gasteiger partial charge on any atom is -0.481 e. The van der Waals surface area contributed by atoms with E-state index in [2.05, 4.69) is 4.98 Å². The van der Waals surface area contributed by atoms with E-state index in [1.165, 1.54) is 36.3 Å². The van der Waals surface area contributed by atoms with Crippen LogP contribution in [-0.2, 0) is 9.59 Å². The molecule has 130 valence electrons. The van der Waals surface area contributed by atoms with Crippen LogP contribution < -0.4 is 9.64 Å². The van der Waals surface area contributed by atoms with Gasteiger partial charge in [-0.05, 0) is 29.8 Å². The van der Waals surface area contributed by atoms with Crippen LogP contribution in [0.4, 0.5) is 10.1 Å². The average molecular weight is 344 g/mol. The van der Waals surface area contributed by atoms with Crippen molar-refractivity contribution in [1.29, 1.82) is 0 Å². The number of ether oxygens (including phenoxy) is 1. The first-order chi connectivity index (χ1) is 12.0. The molecule has 7 heteroatoms. The van der Waals surface area contributed by atoms with Crippen molar-refractivity contribution in [1.82, 2.24) is 4.98 Å². The Balaban J connectivity index is 1.93. The van der Waals surface area contributed by atoms with E-state index in [1.807, 2.05) is 0 Å². The topological polar surface area (TPSA) is 79.7 Å². The van der Waals surface area contributed by atoms with E-state index in [1.54, 1.807) is 18.3 Å². The Bertz CT molecular complexity index is 777. The van der Waals surface area contributed by atoms with Crippen LogP contribution in [0.1, 0.15) is 17.9 Å². The number of anilines is 1. The highest BCUT2D eigenvalue weighted by Crippen LogP contribution is 2.35. The van der Waals surface area contributed by atoms with Gasteiger partial charge < -0.3 is 14.7 Å². The number of piperidine rings is 1. The Hall–Kier alpha value is -2.96. The van der Waals surface area contributed by atoms with Gasteiger partial charge in [-0.15, -0.1) is 0 Å². The molecule has 2 unspecified atom stereocenters. The smallest absolute Gasteiger partial charge is 0.307 e. The van der Waals surface area contributed by atoms with E-state index in [0.29, 0.717) is 17.1 Å². The zero-order valence-corrected chi connectivity index (χ0v) is 13.6. The van der Waals surface area contributed by atoms with E-state index < -0.39 is 23.6 Å². The second-order valence-corrected chi connectivity index (χ2v) is 5.87. The van der Waals surface area contributed by atoms with Gasteiger partial charge in [0.1, 0.15) is 5.82 Å². The summed E-state index contributed by atoms with van der Waals surface area (Å²) in [4.78, 5) is 29.7. The molecule has 0 aliphatic carbocycles. The quantitative estimate of drug-likeness (QED) is 0.921. The lowest BCUT2D eigenvalue weighted by Crippen LogP contribution is -2.45. The number of halogens is 1. The number of carboxylic acid groups (broad SMARTS) is 1. The van der Waals surface area contributed by atoms with Crippen LogP contribution in [0.3, 0.4) is 0 Å². The molecule has 1 aromatic carbocycles. The fraction of sp³-hybridized carbons (Fsp3) is 0.278. The monoisotopic (exact) mass is 344 g/mol. The van der Waals surface area contributed by atoms with Crippen LogP contribution in [0, 0.1) is 11.7 Å². The van der Waals surface area contributed by atoms with Crippen molar-refractivity contribution in [3.05, 3.63) is 54.0 Å². The summed E-state index contributed by atoms with van der Waals surface area (Å²) in [6, 6.07) is 8.99. The summed E-state index contributed by atoms with van der Waals surface area (Å²) >= 11 is 0. The second-order valence-electron chi connectivity index (χ2n) is 5.87. The number of carbonyl (C=O) groups excluding carboxylic acids is 1. The van der Waals surface area contributed by atoms with Gasteiger partial charge in [-0.2, -0.15) is 0 Å². The first kappa shape index (κ1) is 16.9. The van der Waals surface area contributed by atoms with Crippen molar-refractivity contribution >= 4 is 17.6 Å². The number of pyridine rings is 1. The third-order valence-corrected chi connectivity index (χ3v) is 4.41. The van der Waals surface area contributed by atoms with E-state index in [9.17, 15) is 19.1 Å². The molecule has 1 aliphatic rings. The maximum Gasteiger partial charge on any atom is 0.307 e. The summed E-state index contributed by atoms with van der Waals surface area (Å²) in [6.45, 7) is 0.190. The Morgan fingerprint density at radius 3 is 2.56 bits per heavy atom. The third-order valence-electron chi connectivity index (χ3n) is 4.41. The molecule has 1 fully saturated rings. The number of rotatable bonds is 4. The summed E-state index contributed by atoms with van der Waals surface area (Å²) in [5, 5.41) is 9.52. The van der Waals surface area contributed by atoms with Gasteiger partial charge in [0.15, 0.2) is 0 Å². The Labute approximate surface area is 143 Å². The molecule has 0 bridgehead atoms. The lowest BCUT2D eigenvalue weighted by Gasteiger charge is -2.36. The molecule has 1 amide bonds. The van der Waals surface area contributed by atoms with Gasteiger partial charge in [0.2, 0.25) is 11.8 Å². The number of methoxy groups -OCH3 is 1.